The van der Waals surface area contributed by atoms with Gasteiger partial charge in [-0.3, -0.25) is 15.6 Å². The zero-order chi connectivity index (χ0) is 14.5. The molecule has 2 N–H and O–H groups in total. The molecule has 0 saturated heterocycles. The van der Waals surface area contributed by atoms with Crippen molar-refractivity contribution in [2.45, 2.75) is 0 Å². The van der Waals surface area contributed by atoms with Crippen molar-refractivity contribution in [2.24, 2.45) is 0 Å². The monoisotopic (exact) mass is 295 g/mol. The Morgan fingerprint density at radius 2 is 2.05 bits per heavy atom. The molecular weight excluding hydrogens is 285 g/mol. The molecule has 0 saturated carbocycles. The van der Waals surface area contributed by atoms with Crippen LogP contribution in [-0.2, 0) is 0 Å². The summed E-state index contributed by atoms with van der Waals surface area (Å²) in [5.74, 6) is -1.12. The van der Waals surface area contributed by atoms with Crippen LogP contribution >= 0.6 is 11.6 Å². The van der Waals surface area contributed by atoms with E-state index in [0.717, 1.165) is 6.07 Å². The van der Waals surface area contributed by atoms with Gasteiger partial charge in [-0.15, -0.1) is 0 Å². The molecule has 0 aliphatic heterocycles. The van der Waals surface area contributed by atoms with E-state index >= 15 is 0 Å². The van der Waals surface area contributed by atoms with E-state index in [0.29, 0.717) is 16.3 Å². The number of nitrogens with one attached hydrogen (secondary N) is 2. The second kappa shape index (κ2) is 6.21. The van der Waals surface area contributed by atoms with E-state index in [4.69, 9.17) is 16.3 Å². The van der Waals surface area contributed by atoms with E-state index in [1.165, 1.54) is 13.3 Å². The fraction of sp³-hybridized carbons (Fsp3) is 0.0769. The molecule has 104 valence electrons. The van der Waals surface area contributed by atoms with E-state index in [-0.39, 0.29) is 11.8 Å². The van der Waals surface area contributed by atoms with Crippen LogP contribution in [0.1, 0.15) is 10.4 Å². The number of anilines is 1. The smallest absolute Gasteiger partial charge is 0.269 e. The zero-order valence-corrected chi connectivity index (χ0v) is 11.2. The summed E-state index contributed by atoms with van der Waals surface area (Å²) in [5.41, 5.74) is 5.70. The normalized spacial score (nSPS) is 9.95. The zero-order valence-electron chi connectivity index (χ0n) is 10.5. The lowest BCUT2D eigenvalue weighted by Crippen LogP contribution is -2.29. The fourth-order valence-corrected chi connectivity index (χ4v) is 1.57. The lowest BCUT2D eigenvalue weighted by atomic mass is 10.2. The number of benzene rings is 1. The van der Waals surface area contributed by atoms with Crippen LogP contribution < -0.4 is 15.6 Å². The van der Waals surface area contributed by atoms with Crippen LogP contribution in [0.15, 0.2) is 36.5 Å². The number of carbonyl (C=O) groups is 1. The maximum Gasteiger partial charge on any atom is 0.269 e. The third-order valence-corrected chi connectivity index (χ3v) is 2.68. The Morgan fingerprint density at radius 3 is 2.65 bits per heavy atom. The van der Waals surface area contributed by atoms with Gasteiger partial charge in [-0.25, -0.2) is 9.37 Å². The molecule has 2 rings (SSSR count). The average molecular weight is 296 g/mol. The minimum Gasteiger partial charge on any atom is -0.479 e. The third-order valence-electron chi connectivity index (χ3n) is 2.43. The molecule has 1 amide bonds. The van der Waals surface area contributed by atoms with Crippen LogP contribution in [0.5, 0.6) is 5.88 Å². The van der Waals surface area contributed by atoms with Crippen molar-refractivity contribution in [3.63, 3.8) is 0 Å². The van der Waals surface area contributed by atoms with Crippen LogP contribution in [0, 0.1) is 5.82 Å². The number of hydrogen-bond acceptors (Lipinski definition) is 4. The van der Waals surface area contributed by atoms with Crippen molar-refractivity contribution in [1.82, 2.24) is 10.4 Å². The van der Waals surface area contributed by atoms with Crippen LogP contribution in [0.3, 0.4) is 0 Å². The molecular formula is C13H11ClFN3O2. The van der Waals surface area contributed by atoms with Gasteiger partial charge in [0.25, 0.3) is 5.91 Å². The Balaban J connectivity index is 1.99. The molecule has 0 radical (unpaired) electrons. The maximum atomic E-state index is 13.4. The van der Waals surface area contributed by atoms with Gasteiger partial charge in [0.1, 0.15) is 0 Å². The Bertz CT molecular complexity index is 620. The second-order valence-electron chi connectivity index (χ2n) is 3.80. The third kappa shape index (κ3) is 3.36. The average Bonchev–Trinajstić information content (AvgIpc) is 2.45. The van der Waals surface area contributed by atoms with Crippen LogP contribution in [0.25, 0.3) is 0 Å². The van der Waals surface area contributed by atoms with Gasteiger partial charge in [0.2, 0.25) is 5.88 Å². The lowest BCUT2D eigenvalue weighted by molar-refractivity contribution is 0.0962. The number of halogens is 2. The summed E-state index contributed by atoms with van der Waals surface area (Å²) in [5, 5.41) is 0.538. The Kier molecular flexibility index (Phi) is 4.37. The quantitative estimate of drug-likeness (QED) is 0.851. The first-order chi connectivity index (χ1) is 9.60. The van der Waals surface area contributed by atoms with Crippen molar-refractivity contribution < 1.29 is 13.9 Å². The first-order valence-electron chi connectivity index (χ1n) is 5.61. The minimum absolute atomic E-state index is 0.112. The molecule has 7 heteroatoms. The van der Waals surface area contributed by atoms with Gasteiger partial charge < -0.3 is 4.74 Å². The first kappa shape index (κ1) is 14.1. The Morgan fingerprint density at radius 1 is 1.35 bits per heavy atom. The molecule has 0 spiro atoms. The van der Waals surface area contributed by atoms with Crippen LogP contribution in [-0.4, -0.2) is 18.0 Å². The number of pyridine rings is 1. The number of rotatable bonds is 4. The van der Waals surface area contributed by atoms with Gasteiger partial charge in [0.15, 0.2) is 5.82 Å². The lowest BCUT2D eigenvalue weighted by Gasteiger charge is -2.09. The summed E-state index contributed by atoms with van der Waals surface area (Å²) in [4.78, 5) is 15.5. The van der Waals surface area contributed by atoms with E-state index < -0.39 is 5.82 Å². The predicted octanol–water partition coefficient (Wildman–Crippen LogP) is 2.64. The summed E-state index contributed by atoms with van der Waals surface area (Å²) >= 11 is 5.73. The van der Waals surface area contributed by atoms with Gasteiger partial charge in [0.05, 0.1) is 19.0 Å². The molecule has 0 atom stereocenters. The summed E-state index contributed by atoms with van der Waals surface area (Å²) in [7, 11) is 1.32. The molecule has 1 aromatic heterocycles. The van der Waals surface area contributed by atoms with Crippen LogP contribution in [0.4, 0.5) is 10.1 Å². The predicted molar refractivity (Wildman–Crippen MR) is 73.3 cm³/mol. The van der Waals surface area contributed by atoms with Gasteiger partial charge in [-0.05, 0) is 24.3 Å². The Hall–Kier alpha value is -2.34. The van der Waals surface area contributed by atoms with Crippen LogP contribution in [0.2, 0.25) is 5.02 Å². The maximum absolute atomic E-state index is 13.4. The highest BCUT2D eigenvalue weighted by Crippen LogP contribution is 2.16. The molecule has 0 fully saturated rings. The van der Waals surface area contributed by atoms with Gasteiger partial charge in [-0.2, -0.15) is 0 Å². The van der Waals surface area contributed by atoms with Crippen molar-refractivity contribution >= 4 is 23.2 Å². The van der Waals surface area contributed by atoms with E-state index in [2.05, 4.69) is 15.8 Å². The standard InChI is InChI=1S/C13H11ClFN3O2/c1-20-13-11(15)6-10(7-16-13)17-18-12(19)8-2-4-9(14)5-3-8/h2-7,17H,1H3,(H,18,19). The molecule has 2 aromatic rings. The second-order valence-corrected chi connectivity index (χ2v) is 4.24. The topological polar surface area (TPSA) is 63.2 Å². The number of amides is 1. The number of nitrogens with zero attached hydrogens (tertiary/aromatic N) is 1. The number of methoxy groups -OCH3 is 1. The molecule has 1 aromatic carbocycles. The number of hydrogen-bond donors (Lipinski definition) is 2. The first-order valence-corrected chi connectivity index (χ1v) is 5.99. The highest BCUT2D eigenvalue weighted by atomic mass is 35.5. The van der Waals surface area contributed by atoms with Crippen molar-refractivity contribution in [1.29, 1.82) is 0 Å². The molecule has 0 bridgehead atoms. The molecule has 5 nitrogen and oxygen atoms in total. The molecule has 1 heterocycles. The highest BCUT2D eigenvalue weighted by molar-refractivity contribution is 6.30. The van der Waals surface area contributed by atoms with Crippen molar-refractivity contribution in [3.05, 3.63) is 52.9 Å². The van der Waals surface area contributed by atoms with Crippen molar-refractivity contribution in [2.75, 3.05) is 12.5 Å². The number of ether oxygens (including phenoxy) is 1. The van der Waals surface area contributed by atoms with E-state index in [1.54, 1.807) is 24.3 Å². The fourth-order valence-electron chi connectivity index (χ4n) is 1.45. The molecule has 0 aliphatic carbocycles. The summed E-state index contributed by atoms with van der Waals surface area (Å²) in [6.45, 7) is 0. The SMILES string of the molecule is COc1ncc(NNC(=O)c2ccc(Cl)cc2)cc1F. The van der Waals surface area contributed by atoms with Gasteiger partial charge in [-0.1, -0.05) is 11.6 Å². The Labute approximate surface area is 119 Å². The van der Waals surface area contributed by atoms with E-state index in [9.17, 15) is 9.18 Å². The number of hydrazine groups is 1. The van der Waals surface area contributed by atoms with Gasteiger partial charge >= 0.3 is 0 Å². The number of carbonyl (C=O) groups excluding carboxylic acids is 1. The van der Waals surface area contributed by atoms with E-state index in [1.807, 2.05) is 0 Å². The largest absolute Gasteiger partial charge is 0.479 e. The summed E-state index contributed by atoms with van der Waals surface area (Å²) in [6.07, 6.45) is 1.34. The minimum atomic E-state index is -0.627. The summed E-state index contributed by atoms with van der Waals surface area (Å²) < 4.78 is 18.1. The highest BCUT2D eigenvalue weighted by Gasteiger charge is 2.07. The molecule has 20 heavy (non-hydrogen) atoms. The van der Waals surface area contributed by atoms with Gasteiger partial charge in [0, 0.05) is 16.7 Å². The summed E-state index contributed by atoms with van der Waals surface area (Å²) in [6, 6.07) is 7.52. The molecule has 0 aliphatic rings. The molecule has 0 unspecified atom stereocenters. The van der Waals surface area contributed by atoms with Crippen molar-refractivity contribution in [3.8, 4) is 5.88 Å². The number of aromatic nitrogens is 1.